The Kier molecular flexibility index (Phi) is 11.9. The Morgan fingerprint density at radius 1 is 0.909 bits per heavy atom. The molecule has 0 bridgehead atoms. The van der Waals surface area contributed by atoms with Crippen LogP contribution in [-0.2, 0) is 16.6 Å². The summed E-state index contributed by atoms with van der Waals surface area (Å²) in [5, 5.41) is 19.9. The van der Waals surface area contributed by atoms with Crippen molar-refractivity contribution in [2.24, 2.45) is 0 Å². The van der Waals surface area contributed by atoms with Gasteiger partial charge in [0.15, 0.2) is 0 Å². The summed E-state index contributed by atoms with van der Waals surface area (Å²) >= 11 is 0. The lowest BCUT2D eigenvalue weighted by Crippen LogP contribution is -2.37. The smallest absolute Gasteiger partial charge is 0.317 e. The molecular weight excluding hydrogens is 552 g/mol. The number of ether oxygens (including phenoxy) is 1. The van der Waals surface area contributed by atoms with Crippen LogP contribution in [0.3, 0.4) is 0 Å². The van der Waals surface area contributed by atoms with Gasteiger partial charge in [0.05, 0.1) is 13.2 Å². The summed E-state index contributed by atoms with van der Waals surface area (Å²) in [5.41, 5.74) is 5.15. The van der Waals surface area contributed by atoms with Gasteiger partial charge in [-0.05, 0) is 65.8 Å². The first kappa shape index (κ1) is 32.7. The Morgan fingerprint density at radius 2 is 1.59 bits per heavy atom. The highest BCUT2D eigenvalue weighted by molar-refractivity contribution is 5.69. The topological polar surface area (TPSA) is 110 Å². The number of hydrogen-bond donors (Lipinski definition) is 3. The van der Waals surface area contributed by atoms with E-state index in [4.69, 9.17) is 14.4 Å². The molecule has 0 fully saturated rings. The molecule has 0 spiro atoms. The highest BCUT2D eigenvalue weighted by Crippen LogP contribution is 2.26. The van der Waals surface area contributed by atoms with Crippen molar-refractivity contribution in [2.45, 2.75) is 77.7 Å². The van der Waals surface area contributed by atoms with E-state index in [0.717, 1.165) is 41.2 Å². The van der Waals surface area contributed by atoms with Gasteiger partial charge in [-0.2, -0.15) is 4.98 Å². The number of unbranched alkanes of at least 4 members (excludes halogenated alkanes) is 4. The van der Waals surface area contributed by atoms with Crippen LogP contribution < -0.4 is 15.4 Å². The minimum Gasteiger partial charge on any atom is -0.494 e. The largest absolute Gasteiger partial charge is 0.494 e. The van der Waals surface area contributed by atoms with Crippen LogP contribution in [0.5, 0.6) is 5.75 Å². The highest BCUT2D eigenvalue weighted by atomic mass is 16.5. The lowest BCUT2D eigenvalue weighted by molar-refractivity contribution is -0.135. The number of nitrogens with one attached hydrogen (secondary N) is 2. The normalized spacial score (nSPS) is 12.2. The first-order valence-electron chi connectivity index (χ1n) is 15.7. The summed E-state index contributed by atoms with van der Waals surface area (Å²) < 4.78 is 11.4. The summed E-state index contributed by atoms with van der Waals surface area (Å²) in [5.74, 6) is 0.948. The summed E-state index contributed by atoms with van der Waals surface area (Å²) in [6, 6.07) is 24.3. The zero-order chi connectivity index (χ0) is 31.4. The Labute approximate surface area is 261 Å². The van der Waals surface area contributed by atoms with Gasteiger partial charge < -0.3 is 25.0 Å². The van der Waals surface area contributed by atoms with Crippen LogP contribution in [-0.4, -0.2) is 47.0 Å². The van der Waals surface area contributed by atoms with E-state index in [1.165, 1.54) is 31.2 Å². The van der Waals surface area contributed by atoms with Crippen LogP contribution in [0.1, 0.15) is 70.9 Å². The van der Waals surface area contributed by atoms with E-state index in [0.29, 0.717) is 24.7 Å². The number of aromatic nitrogens is 2. The molecule has 0 aliphatic carbocycles. The summed E-state index contributed by atoms with van der Waals surface area (Å²) in [4.78, 5) is 15.7. The molecule has 4 aromatic rings. The van der Waals surface area contributed by atoms with Crippen molar-refractivity contribution in [1.82, 2.24) is 15.5 Å². The minimum atomic E-state index is -0.875. The zero-order valence-corrected chi connectivity index (χ0v) is 26.4. The molecular formula is C36H46N4O4. The Balaban J connectivity index is 1.35. The second-order valence-electron chi connectivity index (χ2n) is 12.3. The van der Waals surface area contributed by atoms with Gasteiger partial charge in [0.1, 0.15) is 5.75 Å². The Morgan fingerprint density at radius 3 is 2.25 bits per heavy atom. The maximum absolute atomic E-state index is 11.1. The standard InChI is InChI=1S/C36H46N4O4/c1-5-6-7-8-9-22-43-32-20-14-28(15-21-32)35-39-34(40-44-35)27-12-10-26(11-13-27)23-31(24-37-25-33(41)42)38-30-18-16-29(17-19-30)36(2,3)4/h10-21,31,37-38H,5-9,22-25H2,1-4H3,(H,41,42). The van der Waals surface area contributed by atoms with Crippen molar-refractivity contribution < 1.29 is 19.2 Å². The SMILES string of the molecule is CCCCCCCOc1ccc(-c2nc(-c3ccc(CC(CNCC(=O)O)Nc4ccc(C(C)(C)C)cc4)cc3)no2)cc1. The molecule has 1 unspecified atom stereocenters. The van der Waals surface area contributed by atoms with E-state index in [9.17, 15) is 4.79 Å². The molecule has 44 heavy (non-hydrogen) atoms. The van der Waals surface area contributed by atoms with Crippen LogP contribution in [0.2, 0.25) is 0 Å². The third-order valence-electron chi connectivity index (χ3n) is 7.53. The zero-order valence-electron chi connectivity index (χ0n) is 26.4. The molecule has 8 heteroatoms. The number of nitrogens with zero attached hydrogens (tertiary/aromatic N) is 2. The molecule has 1 heterocycles. The van der Waals surface area contributed by atoms with Gasteiger partial charge in [-0.25, -0.2) is 0 Å². The van der Waals surface area contributed by atoms with Crippen LogP contribution in [0.15, 0.2) is 77.3 Å². The molecule has 0 amide bonds. The average molecular weight is 599 g/mol. The van der Waals surface area contributed by atoms with Crippen molar-refractivity contribution in [3.05, 3.63) is 83.9 Å². The summed E-state index contributed by atoms with van der Waals surface area (Å²) in [6.45, 7) is 9.94. The summed E-state index contributed by atoms with van der Waals surface area (Å²) in [7, 11) is 0. The molecule has 1 aromatic heterocycles. The van der Waals surface area contributed by atoms with Gasteiger partial charge in [-0.15, -0.1) is 0 Å². The molecule has 4 rings (SSSR count). The van der Waals surface area contributed by atoms with Crippen LogP contribution in [0.25, 0.3) is 22.8 Å². The highest BCUT2D eigenvalue weighted by Gasteiger charge is 2.16. The molecule has 0 radical (unpaired) electrons. The van der Waals surface area contributed by atoms with Gasteiger partial charge in [0.2, 0.25) is 5.82 Å². The maximum Gasteiger partial charge on any atom is 0.317 e. The molecule has 0 aliphatic rings. The lowest BCUT2D eigenvalue weighted by atomic mass is 9.87. The minimum absolute atomic E-state index is 0.00882. The number of anilines is 1. The van der Waals surface area contributed by atoms with E-state index in [-0.39, 0.29) is 18.0 Å². The fraction of sp³-hybridized carbons (Fsp3) is 0.417. The first-order valence-corrected chi connectivity index (χ1v) is 15.7. The van der Waals surface area contributed by atoms with Gasteiger partial charge >= 0.3 is 5.97 Å². The molecule has 3 aromatic carbocycles. The van der Waals surface area contributed by atoms with Crippen molar-refractivity contribution >= 4 is 11.7 Å². The first-order chi connectivity index (χ1) is 21.2. The van der Waals surface area contributed by atoms with E-state index in [1.54, 1.807) is 0 Å². The molecule has 1 atom stereocenters. The number of carbonyl (C=O) groups is 1. The van der Waals surface area contributed by atoms with Gasteiger partial charge in [-0.3, -0.25) is 4.79 Å². The van der Waals surface area contributed by atoms with Gasteiger partial charge in [-0.1, -0.05) is 94.9 Å². The second kappa shape index (κ2) is 16.1. The Hall–Kier alpha value is -4.17. The van der Waals surface area contributed by atoms with Gasteiger partial charge in [0, 0.05) is 29.4 Å². The van der Waals surface area contributed by atoms with Gasteiger partial charge in [0.25, 0.3) is 5.89 Å². The number of aliphatic carboxylic acids is 1. The maximum atomic E-state index is 11.1. The predicted molar refractivity (Wildman–Crippen MR) is 176 cm³/mol. The second-order valence-corrected chi connectivity index (χ2v) is 12.3. The molecule has 0 saturated heterocycles. The monoisotopic (exact) mass is 598 g/mol. The van der Waals surface area contributed by atoms with Crippen molar-refractivity contribution in [2.75, 3.05) is 25.0 Å². The lowest BCUT2D eigenvalue weighted by Gasteiger charge is -2.23. The third-order valence-corrected chi connectivity index (χ3v) is 7.53. The molecule has 3 N–H and O–H groups in total. The molecule has 0 aliphatic heterocycles. The molecule has 234 valence electrons. The Bertz CT molecular complexity index is 1420. The fourth-order valence-corrected chi connectivity index (χ4v) is 4.95. The molecule has 8 nitrogen and oxygen atoms in total. The third kappa shape index (κ3) is 10.2. The van der Waals surface area contributed by atoms with Crippen LogP contribution in [0, 0.1) is 0 Å². The summed E-state index contributed by atoms with van der Waals surface area (Å²) in [6.07, 6.45) is 6.76. The fourth-order valence-electron chi connectivity index (χ4n) is 4.95. The van der Waals surface area contributed by atoms with Crippen LogP contribution >= 0.6 is 0 Å². The van der Waals surface area contributed by atoms with E-state index in [2.05, 4.69) is 72.7 Å². The number of benzene rings is 3. The quantitative estimate of drug-likeness (QED) is 0.106. The number of carboxylic acid groups (broad SMARTS) is 1. The number of carboxylic acids is 1. The van der Waals surface area contributed by atoms with E-state index >= 15 is 0 Å². The molecule has 0 saturated carbocycles. The number of rotatable bonds is 17. The van der Waals surface area contributed by atoms with Crippen molar-refractivity contribution in [3.63, 3.8) is 0 Å². The van der Waals surface area contributed by atoms with Crippen molar-refractivity contribution in [3.8, 4) is 28.6 Å². The van der Waals surface area contributed by atoms with E-state index < -0.39 is 5.97 Å². The average Bonchev–Trinajstić information content (AvgIpc) is 3.50. The van der Waals surface area contributed by atoms with Crippen molar-refractivity contribution in [1.29, 1.82) is 0 Å². The van der Waals surface area contributed by atoms with E-state index in [1.807, 2.05) is 48.5 Å². The number of hydrogen-bond acceptors (Lipinski definition) is 7. The van der Waals surface area contributed by atoms with Crippen LogP contribution in [0.4, 0.5) is 5.69 Å². The predicted octanol–water partition coefficient (Wildman–Crippen LogP) is 7.75.